The van der Waals surface area contributed by atoms with Crippen LogP contribution in [-0.2, 0) is 5.41 Å². The van der Waals surface area contributed by atoms with Gasteiger partial charge in [0, 0.05) is 6.54 Å². The summed E-state index contributed by atoms with van der Waals surface area (Å²) in [5.41, 5.74) is 1.02. The van der Waals surface area contributed by atoms with Gasteiger partial charge >= 0.3 is 0 Å². The molecule has 0 bridgehead atoms. The summed E-state index contributed by atoms with van der Waals surface area (Å²) in [4.78, 5) is 4.59. The second kappa shape index (κ2) is 3.45. The van der Waals surface area contributed by atoms with Crippen LogP contribution >= 0.6 is 0 Å². The summed E-state index contributed by atoms with van der Waals surface area (Å²) < 4.78 is 10.8. The maximum absolute atomic E-state index is 5.51. The van der Waals surface area contributed by atoms with E-state index in [0.717, 1.165) is 36.7 Å². The molecule has 1 saturated heterocycles. The molecule has 3 heterocycles. The highest BCUT2D eigenvalue weighted by Crippen LogP contribution is 2.50. The van der Waals surface area contributed by atoms with Gasteiger partial charge in [-0.05, 0) is 38.3 Å². The molecule has 5 nitrogen and oxygen atoms in total. The van der Waals surface area contributed by atoms with Crippen molar-refractivity contribution in [2.24, 2.45) is 5.92 Å². The van der Waals surface area contributed by atoms with Gasteiger partial charge in [-0.1, -0.05) is 5.16 Å². The lowest BCUT2D eigenvalue weighted by Gasteiger charge is -2.40. The molecule has 4 rings (SSSR count). The van der Waals surface area contributed by atoms with E-state index >= 15 is 0 Å². The Balaban J connectivity index is 1.73. The quantitative estimate of drug-likeness (QED) is 0.875. The van der Waals surface area contributed by atoms with Crippen LogP contribution in [-0.4, -0.2) is 23.2 Å². The van der Waals surface area contributed by atoms with Crippen LogP contribution in [0.15, 0.2) is 21.3 Å². The van der Waals surface area contributed by atoms with Gasteiger partial charge in [-0.25, -0.2) is 0 Å². The van der Waals surface area contributed by atoms with E-state index in [1.165, 1.54) is 6.42 Å². The van der Waals surface area contributed by atoms with Crippen LogP contribution in [0.4, 0.5) is 0 Å². The minimum absolute atomic E-state index is 0.100. The normalized spacial score (nSPS) is 30.2. The number of nitrogens with one attached hydrogen (secondary N) is 1. The molecule has 0 unspecified atom stereocenters. The zero-order valence-electron chi connectivity index (χ0n) is 10.3. The average molecular weight is 245 g/mol. The zero-order valence-corrected chi connectivity index (χ0v) is 10.3. The Morgan fingerprint density at radius 2 is 2.44 bits per heavy atom. The molecule has 2 aromatic rings. The van der Waals surface area contributed by atoms with E-state index < -0.39 is 0 Å². The summed E-state index contributed by atoms with van der Waals surface area (Å²) in [5, 5.41) is 7.54. The van der Waals surface area contributed by atoms with Crippen molar-refractivity contribution < 1.29 is 8.94 Å². The smallest absolute Gasteiger partial charge is 0.234 e. The van der Waals surface area contributed by atoms with Gasteiger partial charge < -0.3 is 14.3 Å². The number of aryl methyl sites for hydroxylation is 1. The summed E-state index contributed by atoms with van der Waals surface area (Å²) in [6, 6.07) is 1.88. The second-order valence-corrected chi connectivity index (χ2v) is 5.34. The molecular formula is C13H15N3O2. The summed E-state index contributed by atoms with van der Waals surface area (Å²) in [5.74, 6) is 2.92. The van der Waals surface area contributed by atoms with Crippen molar-refractivity contribution in [2.75, 3.05) is 13.1 Å². The topological polar surface area (TPSA) is 64.1 Å². The van der Waals surface area contributed by atoms with E-state index in [-0.39, 0.29) is 5.41 Å². The zero-order chi connectivity index (χ0) is 12.2. The van der Waals surface area contributed by atoms with Gasteiger partial charge in [0.2, 0.25) is 11.7 Å². The van der Waals surface area contributed by atoms with E-state index in [2.05, 4.69) is 15.5 Å². The highest BCUT2D eigenvalue weighted by atomic mass is 16.5. The molecule has 1 aliphatic carbocycles. The Morgan fingerprint density at radius 1 is 1.50 bits per heavy atom. The monoisotopic (exact) mass is 245 g/mol. The fourth-order valence-corrected chi connectivity index (χ4v) is 3.21. The van der Waals surface area contributed by atoms with E-state index in [4.69, 9.17) is 8.94 Å². The average Bonchev–Trinajstić information content (AvgIpc) is 3.00. The van der Waals surface area contributed by atoms with Gasteiger partial charge in [0.05, 0.1) is 17.2 Å². The number of hydrogen-bond acceptors (Lipinski definition) is 5. The third kappa shape index (κ3) is 1.20. The number of hydrogen-bond donors (Lipinski definition) is 1. The lowest BCUT2D eigenvalue weighted by atomic mass is 9.62. The van der Waals surface area contributed by atoms with Crippen molar-refractivity contribution in [1.29, 1.82) is 0 Å². The van der Waals surface area contributed by atoms with Crippen molar-refractivity contribution in [1.82, 2.24) is 15.5 Å². The lowest BCUT2D eigenvalue weighted by Crippen LogP contribution is -2.43. The Kier molecular flexibility index (Phi) is 1.97. The number of furan rings is 1. The fourth-order valence-electron chi connectivity index (χ4n) is 3.21. The maximum Gasteiger partial charge on any atom is 0.234 e. The van der Waals surface area contributed by atoms with E-state index in [1.807, 2.05) is 13.0 Å². The molecule has 1 N–H and O–H groups in total. The van der Waals surface area contributed by atoms with Crippen LogP contribution in [0.2, 0.25) is 0 Å². The first kappa shape index (κ1) is 10.3. The van der Waals surface area contributed by atoms with Crippen molar-refractivity contribution in [3.05, 3.63) is 24.0 Å². The molecule has 18 heavy (non-hydrogen) atoms. The maximum atomic E-state index is 5.51. The standard InChI is InChI=1S/C13H15N3O2/c1-8-10(3-5-17-8)11-15-12(18-16-11)13-4-2-9(13)6-14-7-13/h3,5,9,14H,2,4,6-7H2,1H3/t9-,13-/m0/s1. The van der Waals surface area contributed by atoms with Crippen molar-refractivity contribution in [3.8, 4) is 11.4 Å². The minimum Gasteiger partial charge on any atom is -0.469 e. The van der Waals surface area contributed by atoms with Gasteiger partial charge in [-0.3, -0.25) is 0 Å². The van der Waals surface area contributed by atoms with E-state index in [0.29, 0.717) is 11.7 Å². The van der Waals surface area contributed by atoms with Crippen LogP contribution in [0.5, 0.6) is 0 Å². The molecule has 5 heteroatoms. The molecule has 0 aromatic carbocycles. The molecule has 2 aromatic heterocycles. The van der Waals surface area contributed by atoms with Gasteiger partial charge in [-0.2, -0.15) is 4.98 Å². The van der Waals surface area contributed by atoms with E-state index in [1.54, 1.807) is 6.26 Å². The molecule has 2 atom stereocenters. The van der Waals surface area contributed by atoms with Crippen LogP contribution in [0.3, 0.4) is 0 Å². The Morgan fingerprint density at radius 3 is 3.11 bits per heavy atom. The van der Waals surface area contributed by atoms with Crippen LogP contribution in [0, 0.1) is 12.8 Å². The van der Waals surface area contributed by atoms with Crippen molar-refractivity contribution in [2.45, 2.75) is 25.2 Å². The van der Waals surface area contributed by atoms with Crippen LogP contribution in [0.1, 0.15) is 24.5 Å². The van der Waals surface area contributed by atoms with Crippen molar-refractivity contribution in [3.63, 3.8) is 0 Å². The first-order valence-electron chi connectivity index (χ1n) is 6.39. The van der Waals surface area contributed by atoms with Gasteiger partial charge in [0.15, 0.2) is 0 Å². The Bertz CT molecular complexity index is 589. The predicted molar refractivity (Wildman–Crippen MR) is 64.0 cm³/mol. The largest absolute Gasteiger partial charge is 0.469 e. The Labute approximate surface area is 105 Å². The first-order valence-corrected chi connectivity index (χ1v) is 6.39. The van der Waals surface area contributed by atoms with E-state index in [9.17, 15) is 0 Å². The molecule has 0 spiro atoms. The molecule has 1 aliphatic heterocycles. The van der Waals surface area contributed by atoms with Gasteiger partial charge in [0.1, 0.15) is 5.76 Å². The number of rotatable bonds is 2. The molecule has 0 radical (unpaired) electrons. The summed E-state index contributed by atoms with van der Waals surface area (Å²) >= 11 is 0. The summed E-state index contributed by atoms with van der Waals surface area (Å²) in [6.45, 7) is 3.94. The van der Waals surface area contributed by atoms with Crippen LogP contribution in [0.25, 0.3) is 11.4 Å². The van der Waals surface area contributed by atoms with Crippen molar-refractivity contribution >= 4 is 0 Å². The third-order valence-electron chi connectivity index (χ3n) is 4.50. The predicted octanol–water partition coefficient (Wildman–Crippen LogP) is 1.89. The highest BCUT2D eigenvalue weighted by Gasteiger charge is 2.54. The SMILES string of the molecule is Cc1occc1-c1noc([C@]23CC[C@H]2CNC3)n1. The molecular weight excluding hydrogens is 230 g/mol. The summed E-state index contributed by atoms with van der Waals surface area (Å²) in [6.07, 6.45) is 4.06. The molecule has 1 saturated carbocycles. The number of fused-ring (bicyclic) bond motifs is 1. The molecule has 2 fully saturated rings. The van der Waals surface area contributed by atoms with Crippen LogP contribution < -0.4 is 5.32 Å². The molecule has 94 valence electrons. The number of nitrogens with zero attached hydrogens (tertiary/aromatic N) is 2. The third-order valence-corrected chi connectivity index (χ3v) is 4.50. The molecule has 2 aliphatic rings. The fraction of sp³-hybridized carbons (Fsp3) is 0.538. The van der Waals surface area contributed by atoms with Gasteiger partial charge in [-0.15, -0.1) is 0 Å². The Hall–Kier alpha value is -1.62. The highest BCUT2D eigenvalue weighted by molar-refractivity contribution is 5.56. The summed E-state index contributed by atoms with van der Waals surface area (Å²) in [7, 11) is 0. The number of aromatic nitrogens is 2. The molecule has 0 amide bonds. The lowest BCUT2D eigenvalue weighted by molar-refractivity contribution is 0.131. The minimum atomic E-state index is 0.100. The first-order chi connectivity index (χ1) is 8.79. The second-order valence-electron chi connectivity index (χ2n) is 5.34. The van der Waals surface area contributed by atoms with Gasteiger partial charge in [0.25, 0.3) is 0 Å².